The number of alkyl halides is 2. The third-order valence-electron chi connectivity index (χ3n) is 4.73. The zero-order chi connectivity index (χ0) is 23.8. The maximum atomic E-state index is 12.9. The molecule has 176 valence electrons. The first-order valence-corrected chi connectivity index (χ1v) is 11.2. The van der Waals surface area contributed by atoms with Crippen LogP contribution in [0, 0.1) is 0 Å². The van der Waals surface area contributed by atoms with Crippen LogP contribution in [0.25, 0.3) is 0 Å². The molecule has 0 atom stereocenters. The van der Waals surface area contributed by atoms with Crippen molar-refractivity contribution in [3.63, 3.8) is 0 Å². The number of nitrogens with zero attached hydrogens (tertiary/aromatic N) is 3. The number of methoxy groups -OCH3 is 3. The van der Waals surface area contributed by atoms with Crippen LogP contribution in [-0.2, 0) is 13.1 Å². The summed E-state index contributed by atoms with van der Waals surface area (Å²) in [5, 5.41) is 0.256. The standard InChI is InChI=1S/C23H25F2N3O4S/c1-29-17-9-5-15(6-10-17)13-28(14-16-7-11-18(30-2)12-8-16)23-26-20(31-3)19(32-22(24)25)21(27-23)33-4/h5-12,22H,13-14H2,1-4H3. The minimum Gasteiger partial charge on any atom is -0.497 e. The molecule has 2 aromatic carbocycles. The number of rotatable bonds is 11. The van der Waals surface area contributed by atoms with Crippen LogP contribution >= 0.6 is 11.8 Å². The third kappa shape index (κ3) is 6.38. The van der Waals surface area contributed by atoms with Gasteiger partial charge in [-0.3, -0.25) is 0 Å². The highest BCUT2D eigenvalue weighted by Gasteiger charge is 2.23. The van der Waals surface area contributed by atoms with E-state index in [2.05, 4.69) is 14.7 Å². The minimum absolute atomic E-state index is 0.0564. The van der Waals surface area contributed by atoms with E-state index in [0.29, 0.717) is 19.0 Å². The van der Waals surface area contributed by atoms with Gasteiger partial charge in [0, 0.05) is 13.1 Å². The average Bonchev–Trinajstić information content (AvgIpc) is 2.84. The van der Waals surface area contributed by atoms with Crippen molar-refractivity contribution in [2.75, 3.05) is 32.5 Å². The highest BCUT2D eigenvalue weighted by molar-refractivity contribution is 7.98. The Morgan fingerprint density at radius 2 is 1.33 bits per heavy atom. The Morgan fingerprint density at radius 3 is 1.73 bits per heavy atom. The van der Waals surface area contributed by atoms with E-state index in [-0.39, 0.29) is 16.7 Å². The summed E-state index contributed by atoms with van der Waals surface area (Å²) in [6, 6.07) is 15.3. The molecular weight excluding hydrogens is 452 g/mol. The second-order valence-electron chi connectivity index (χ2n) is 6.80. The Bertz CT molecular complexity index is 962. The lowest BCUT2D eigenvalue weighted by molar-refractivity contribution is -0.0539. The summed E-state index contributed by atoms with van der Waals surface area (Å²) in [5.74, 6) is 1.58. The van der Waals surface area contributed by atoms with Crippen molar-refractivity contribution < 1.29 is 27.7 Å². The van der Waals surface area contributed by atoms with Crippen molar-refractivity contribution in [2.45, 2.75) is 24.7 Å². The van der Waals surface area contributed by atoms with E-state index in [0.717, 1.165) is 22.6 Å². The highest BCUT2D eigenvalue weighted by atomic mass is 32.2. The molecule has 0 amide bonds. The van der Waals surface area contributed by atoms with Gasteiger partial charge in [0.2, 0.25) is 11.7 Å². The number of aromatic nitrogens is 2. The topological polar surface area (TPSA) is 65.9 Å². The number of halogens is 2. The van der Waals surface area contributed by atoms with Crippen molar-refractivity contribution in [1.29, 1.82) is 0 Å². The quantitative estimate of drug-likeness (QED) is 0.281. The van der Waals surface area contributed by atoms with Gasteiger partial charge >= 0.3 is 6.61 Å². The van der Waals surface area contributed by atoms with E-state index in [1.807, 2.05) is 53.4 Å². The second kappa shape index (κ2) is 11.6. The van der Waals surface area contributed by atoms with Crippen molar-refractivity contribution in [3.8, 4) is 23.1 Å². The summed E-state index contributed by atoms with van der Waals surface area (Å²) < 4.78 is 46.2. The largest absolute Gasteiger partial charge is 0.497 e. The summed E-state index contributed by atoms with van der Waals surface area (Å²) in [6.07, 6.45) is 1.72. The van der Waals surface area contributed by atoms with Crippen LogP contribution in [0.2, 0.25) is 0 Å². The van der Waals surface area contributed by atoms with E-state index in [9.17, 15) is 8.78 Å². The summed E-state index contributed by atoms with van der Waals surface area (Å²) >= 11 is 1.17. The normalized spacial score (nSPS) is 10.8. The van der Waals surface area contributed by atoms with Crippen molar-refractivity contribution in [1.82, 2.24) is 9.97 Å². The zero-order valence-electron chi connectivity index (χ0n) is 18.7. The van der Waals surface area contributed by atoms with Gasteiger partial charge < -0.3 is 23.8 Å². The van der Waals surface area contributed by atoms with E-state index >= 15 is 0 Å². The molecule has 0 aliphatic carbocycles. The molecule has 0 spiro atoms. The van der Waals surface area contributed by atoms with E-state index < -0.39 is 6.61 Å². The van der Waals surface area contributed by atoms with Crippen LogP contribution in [0.3, 0.4) is 0 Å². The smallest absolute Gasteiger partial charge is 0.387 e. The first-order chi connectivity index (χ1) is 16.0. The van der Waals surface area contributed by atoms with Gasteiger partial charge in [-0.1, -0.05) is 24.3 Å². The van der Waals surface area contributed by atoms with Crippen LogP contribution in [-0.4, -0.2) is 44.2 Å². The van der Waals surface area contributed by atoms with Crippen LogP contribution in [0.4, 0.5) is 14.7 Å². The molecule has 0 aliphatic heterocycles. The Kier molecular flexibility index (Phi) is 8.53. The Labute approximate surface area is 195 Å². The number of hydrogen-bond donors (Lipinski definition) is 0. The summed E-state index contributed by atoms with van der Waals surface area (Å²) in [7, 11) is 4.57. The van der Waals surface area contributed by atoms with Gasteiger partial charge in [-0.25, -0.2) is 4.98 Å². The molecule has 33 heavy (non-hydrogen) atoms. The molecule has 1 heterocycles. The minimum atomic E-state index is -3.02. The Hall–Kier alpha value is -3.27. The second-order valence-corrected chi connectivity index (χ2v) is 7.60. The predicted octanol–water partition coefficient (Wildman–Crippen LogP) is 5.03. The number of ether oxygens (including phenoxy) is 4. The molecule has 7 nitrogen and oxygen atoms in total. The van der Waals surface area contributed by atoms with Crippen molar-refractivity contribution >= 4 is 17.7 Å². The SMILES string of the molecule is COc1ccc(CN(Cc2ccc(OC)cc2)c2nc(OC)c(OC(F)F)c(SC)n2)cc1. The molecule has 0 fully saturated rings. The fourth-order valence-electron chi connectivity index (χ4n) is 3.11. The van der Waals surface area contributed by atoms with Gasteiger partial charge in [0.25, 0.3) is 5.88 Å². The molecule has 0 radical (unpaired) electrons. The van der Waals surface area contributed by atoms with E-state index in [1.165, 1.54) is 18.9 Å². The lowest BCUT2D eigenvalue weighted by Crippen LogP contribution is -2.25. The molecule has 1 aromatic heterocycles. The summed E-state index contributed by atoms with van der Waals surface area (Å²) in [4.78, 5) is 10.8. The summed E-state index contributed by atoms with van der Waals surface area (Å²) in [6.45, 7) is -2.10. The zero-order valence-corrected chi connectivity index (χ0v) is 19.6. The van der Waals surface area contributed by atoms with E-state index in [4.69, 9.17) is 14.2 Å². The maximum absolute atomic E-state index is 12.9. The summed E-state index contributed by atoms with van der Waals surface area (Å²) in [5.41, 5.74) is 1.98. The molecule has 0 bridgehead atoms. The van der Waals surface area contributed by atoms with E-state index in [1.54, 1.807) is 20.5 Å². The molecule has 0 aliphatic rings. The monoisotopic (exact) mass is 477 g/mol. The Balaban J connectivity index is 2.00. The Morgan fingerprint density at radius 1 is 0.818 bits per heavy atom. The number of benzene rings is 2. The molecule has 0 N–H and O–H groups in total. The average molecular weight is 478 g/mol. The lowest BCUT2D eigenvalue weighted by atomic mass is 10.1. The number of hydrogen-bond acceptors (Lipinski definition) is 8. The van der Waals surface area contributed by atoms with Gasteiger partial charge in [0.1, 0.15) is 16.5 Å². The van der Waals surface area contributed by atoms with Gasteiger partial charge in [-0.2, -0.15) is 13.8 Å². The van der Waals surface area contributed by atoms with Crippen molar-refractivity contribution in [2.24, 2.45) is 0 Å². The van der Waals surface area contributed by atoms with Gasteiger partial charge in [-0.15, -0.1) is 11.8 Å². The maximum Gasteiger partial charge on any atom is 0.387 e. The van der Waals surface area contributed by atoms with Gasteiger partial charge in [0.05, 0.1) is 21.3 Å². The van der Waals surface area contributed by atoms with Gasteiger partial charge in [-0.05, 0) is 41.6 Å². The molecular formula is C23H25F2N3O4S. The molecule has 3 rings (SSSR count). The molecule has 0 saturated heterocycles. The third-order valence-corrected chi connectivity index (χ3v) is 5.40. The fraction of sp³-hybridized carbons (Fsp3) is 0.304. The predicted molar refractivity (Wildman–Crippen MR) is 123 cm³/mol. The van der Waals surface area contributed by atoms with Gasteiger partial charge in [0.15, 0.2) is 0 Å². The lowest BCUT2D eigenvalue weighted by Gasteiger charge is -2.25. The number of anilines is 1. The molecule has 3 aromatic rings. The molecule has 0 saturated carbocycles. The van der Waals surface area contributed by atoms with Crippen LogP contribution < -0.4 is 23.8 Å². The number of thioether (sulfide) groups is 1. The van der Waals surface area contributed by atoms with Crippen LogP contribution in [0.15, 0.2) is 53.6 Å². The van der Waals surface area contributed by atoms with Crippen LogP contribution in [0.5, 0.6) is 23.1 Å². The molecule has 0 unspecified atom stereocenters. The highest BCUT2D eigenvalue weighted by Crippen LogP contribution is 2.37. The van der Waals surface area contributed by atoms with Crippen LogP contribution in [0.1, 0.15) is 11.1 Å². The molecule has 10 heteroatoms. The first kappa shape index (κ1) is 24.4. The fourth-order valence-corrected chi connectivity index (χ4v) is 3.60. The first-order valence-electron chi connectivity index (χ1n) is 9.93. The van der Waals surface area contributed by atoms with Crippen molar-refractivity contribution in [3.05, 3.63) is 59.7 Å².